The second-order valence-corrected chi connectivity index (χ2v) is 11.0. The number of pyridine rings is 1. The molecule has 1 aromatic carbocycles. The van der Waals surface area contributed by atoms with Crippen molar-refractivity contribution in [3.63, 3.8) is 0 Å². The summed E-state index contributed by atoms with van der Waals surface area (Å²) < 4.78 is 88.4. The van der Waals surface area contributed by atoms with Gasteiger partial charge in [0.15, 0.2) is 0 Å². The number of aromatic nitrogens is 2. The van der Waals surface area contributed by atoms with E-state index in [0.717, 1.165) is 26.1 Å². The van der Waals surface area contributed by atoms with Crippen LogP contribution in [0.4, 0.5) is 17.6 Å². The van der Waals surface area contributed by atoms with Crippen molar-refractivity contribution >= 4 is 20.9 Å². The minimum absolute atomic E-state index is 0.0809. The highest BCUT2D eigenvalue weighted by molar-refractivity contribution is 7.89. The van der Waals surface area contributed by atoms with Crippen LogP contribution in [0.3, 0.4) is 0 Å². The van der Waals surface area contributed by atoms with Gasteiger partial charge >= 0.3 is 6.18 Å². The van der Waals surface area contributed by atoms with Crippen LogP contribution in [0.1, 0.15) is 43.9 Å². The third kappa shape index (κ3) is 4.58. The zero-order valence-corrected chi connectivity index (χ0v) is 20.6. The molecule has 0 unspecified atom stereocenters. The number of hydrogen-bond donors (Lipinski definition) is 1. The predicted octanol–water partition coefficient (Wildman–Crippen LogP) is 4.99. The summed E-state index contributed by atoms with van der Waals surface area (Å²) in [6.45, 7) is 4.06. The van der Waals surface area contributed by atoms with Gasteiger partial charge in [0.2, 0.25) is 10.0 Å². The normalized spacial score (nSPS) is 15.8. The number of ether oxygens (including phenoxy) is 1. The number of halogens is 4. The van der Waals surface area contributed by atoms with Gasteiger partial charge in [-0.2, -0.15) is 23.2 Å². The molecule has 0 spiro atoms. The van der Waals surface area contributed by atoms with Gasteiger partial charge in [0.05, 0.1) is 22.5 Å². The highest BCUT2D eigenvalue weighted by Crippen LogP contribution is 2.39. The molecule has 4 rings (SSSR count). The minimum atomic E-state index is -4.81. The number of fused-ring (bicyclic) bond motifs is 1. The lowest BCUT2D eigenvalue weighted by molar-refractivity contribution is -0.180. The number of hydrogen-bond acceptors (Lipinski definition) is 5. The lowest BCUT2D eigenvalue weighted by atomic mass is 10.1. The topological polar surface area (TPSA) is 97.0 Å². The zero-order chi connectivity index (χ0) is 26.5. The van der Waals surface area contributed by atoms with Crippen LogP contribution in [0.5, 0.6) is 0 Å². The van der Waals surface area contributed by atoms with E-state index < -0.39 is 32.5 Å². The Bertz CT molecular complexity index is 1450. The lowest BCUT2D eigenvalue weighted by Gasteiger charge is -2.28. The monoisotopic (exact) mass is 524 g/mol. The third-order valence-corrected chi connectivity index (χ3v) is 7.98. The summed E-state index contributed by atoms with van der Waals surface area (Å²) in [6, 6.07) is 7.47. The Kier molecular flexibility index (Phi) is 6.61. The summed E-state index contributed by atoms with van der Waals surface area (Å²) in [5.74, 6) is -0.470. The van der Waals surface area contributed by atoms with E-state index in [1.807, 2.05) is 4.57 Å². The first-order valence-electron chi connectivity index (χ1n) is 11.2. The number of rotatable bonds is 5. The number of benzene rings is 1. The van der Waals surface area contributed by atoms with Gasteiger partial charge in [0, 0.05) is 30.8 Å². The van der Waals surface area contributed by atoms with E-state index in [9.17, 15) is 31.2 Å². The van der Waals surface area contributed by atoms with E-state index in [1.165, 1.54) is 12.1 Å². The fraction of sp³-hybridized carbons (Fsp3) is 0.417. The van der Waals surface area contributed by atoms with Crippen molar-refractivity contribution in [1.82, 2.24) is 14.3 Å². The summed E-state index contributed by atoms with van der Waals surface area (Å²) in [4.78, 5) is 3.75. The van der Waals surface area contributed by atoms with Crippen LogP contribution in [0.25, 0.3) is 22.3 Å². The number of sulfonamides is 1. The molecule has 3 aromatic rings. The molecule has 0 radical (unpaired) electrons. The van der Waals surface area contributed by atoms with Crippen LogP contribution in [0.15, 0.2) is 35.4 Å². The molecular formula is C24H24F4N4O3S. The summed E-state index contributed by atoms with van der Waals surface area (Å²) in [5, 5.41) is 10.4. The van der Waals surface area contributed by atoms with Crippen molar-refractivity contribution in [2.45, 2.75) is 56.3 Å². The summed E-state index contributed by atoms with van der Waals surface area (Å²) in [5.41, 5.74) is -0.861. The number of nitrogens with zero attached hydrogens (tertiary/aromatic N) is 3. The number of nitrogens with one attached hydrogen (secondary N) is 1. The second kappa shape index (κ2) is 9.14. The average Bonchev–Trinajstić information content (AvgIpc) is 3.11. The van der Waals surface area contributed by atoms with Crippen molar-refractivity contribution in [3.8, 4) is 17.5 Å². The Morgan fingerprint density at radius 1 is 1.19 bits per heavy atom. The van der Waals surface area contributed by atoms with Crippen molar-refractivity contribution in [1.29, 1.82) is 5.26 Å². The number of aryl methyl sites for hydroxylation is 1. The standard InChI is InChI=1S/C24H24F4N4O3S/c1-14-10-21-17(11-19(14)25)18(12-29)22(32(21)15-6-8-35-9-7-15)20-5-4-16(13-30-20)36(33,34)31-23(2,3)24(26,27)28/h4-5,10-11,13,15,31H,6-9H2,1-3H3. The molecule has 1 aliphatic heterocycles. The number of alkyl halides is 3. The molecule has 0 aliphatic carbocycles. The van der Waals surface area contributed by atoms with Gasteiger partial charge in [0.1, 0.15) is 22.3 Å². The fourth-order valence-electron chi connectivity index (χ4n) is 4.25. The molecule has 12 heteroatoms. The fourth-order valence-corrected chi connectivity index (χ4v) is 5.60. The van der Waals surface area contributed by atoms with Gasteiger partial charge in [-0.25, -0.2) is 12.8 Å². The Morgan fingerprint density at radius 2 is 1.86 bits per heavy atom. The highest BCUT2D eigenvalue weighted by atomic mass is 32.2. The molecular weight excluding hydrogens is 500 g/mol. The van der Waals surface area contributed by atoms with Crippen LogP contribution in [0.2, 0.25) is 0 Å². The minimum Gasteiger partial charge on any atom is -0.381 e. The first-order chi connectivity index (χ1) is 16.8. The molecule has 7 nitrogen and oxygen atoms in total. The Balaban J connectivity index is 1.85. The van der Waals surface area contributed by atoms with E-state index in [4.69, 9.17) is 4.74 Å². The molecule has 2 aromatic heterocycles. The van der Waals surface area contributed by atoms with Crippen molar-refractivity contribution in [2.75, 3.05) is 13.2 Å². The summed E-state index contributed by atoms with van der Waals surface area (Å²) in [6.07, 6.45) is -2.59. The summed E-state index contributed by atoms with van der Waals surface area (Å²) in [7, 11) is -4.55. The van der Waals surface area contributed by atoms with E-state index in [2.05, 4.69) is 11.1 Å². The maximum absolute atomic E-state index is 14.4. The van der Waals surface area contributed by atoms with E-state index >= 15 is 0 Å². The van der Waals surface area contributed by atoms with Crippen molar-refractivity contribution < 1.29 is 30.7 Å². The molecule has 0 saturated carbocycles. The van der Waals surface area contributed by atoms with E-state index in [0.29, 0.717) is 48.2 Å². The maximum atomic E-state index is 14.4. The van der Waals surface area contributed by atoms with E-state index in [1.54, 1.807) is 17.7 Å². The second-order valence-electron chi connectivity index (χ2n) is 9.27. The number of nitriles is 1. The SMILES string of the molecule is Cc1cc2c(cc1F)c(C#N)c(-c1ccc(S(=O)(=O)NC(C)(C)C(F)(F)F)cn1)n2C1CCOCC1. The van der Waals surface area contributed by atoms with Gasteiger partial charge in [-0.05, 0) is 63.4 Å². The molecule has 192 valence electrons. The Morgan fingerprint density at radius 3 is 2.42 bits per heavy atom. The third-order valence-electron chi connectivity index (χ3n) is 6.34. The van der Waals surface area contributed by atoms with Gasteiger partial charge in [-0.1, -0.05) is 0 Å². The highest BCUT2D eigenvalue weighted by Gasteiger charge is 2.49. The molecule has 3 heterocycles. The van der Waals surface area contributed by atoms with Gasteiger partial charge in [-0.15, -0.1) is 0 Å². The lowest BCUT2D eigenvalue weighted by Crippen LogP contribution is -2.54. The molecule has 1 N–H and O–H groups in total. The molecule has 0 bridgehead atoms. The van der Waals surface area contributed by atoms with Gasteiger partial charge in [-0.3, -0.25) is 4.98 Å². The van der Waals surface area contributed by atoms with Crippen LogP contribution in [-0.2, 0) is 14.8 Å². The molecule has 36 heavy (non-hydrogen) atoms. The zero-order valence-electron chi connectivity index (χ0n) is 19.8. The van der Waals surface area contributed by atoms with E-state index in [-0.39, 0.29) is 17.3 Å². The van der Waals surface area contributed by atoms with Crippen LogP contribution >= 0.6 is 0 Å². The molecule has 0 amide bonds. The van der Waals surface area contributed by atoms with Crippen LogP contribution in [0, 0.1) is 24.1 Å². The van der Waals surface area contributed by atoms with Crippen molar-refractivity contribution in [3.05, 3.63) is 47.4 Å². The first kappa shape index (κ1) is 26.1. The van der Waals surface area contributed by atoms with Crippen LogP contribution in [-0.4, -0.2) is 42.9 Å². The van der Waals surface area contributed by atoms with Crippen LogP contribution < -0.4 is 4.72 Å². The molecule has 1 saturated heterocycles. The molecule has 1 aliphatic rings. The predicted molar refractivity (Wildman–Crippen MR) is 124 cm³/mol. The average molecular weight is 525 g/mol. The summed E-state index contributed by atoms with van der Waals surface area (Å²) >= 11 is 0. The first-order valence-corrected chi connectivity index (χ1v) is 12.6. The molecule has 0 atom stereocenters. The smallest absolute Gasteiger partial charge is 0.381 e. The van der Waals surface area contributed by atoms with Crippen molar-refractivity contribution in [2.24, 2.45) is 0 Å². The Labute approximate surface area is 205 Å². The quantitative estimate of drug-likeness (QED) is 0.474. The maximum Gasteiger partial charge on any atom is 0.407 e. The Hall–Kier alpha value is -3.01. The largest absolute Gasteiger partial charge is 0.407 e. The molecule has 1 fully saturated rings. The van der Waals surface area contributed by atoms with Gasteiger partial charge in [0.25, 0.3) is 0 Å². The van der Waals surface area contributed by atoms with Gasteiger partial charge < -0.3 is 9.30 Å².